The van der Waals surface area contributed by atoms with Crippen molar-refractivity contribution in [3.63, 3.8) is 0 Å². The summed E-state index contributed by atoms with van der Waals surface area (Å²) >= 11 is 0. The number of aromatic amines is 1. The molecule has 114 valence electrons. The minimum Gasteiger partial charge on any atom is -0.462 e. The van der Waals surface area contributed by atoms with Crippen LogP contribution in [0.2, 0.25) is 0 Å². The molecule has 0 aliphatic rings. The number of fused-ring (bicyclic) bond motifs is 1. The molecular formula is C15H20N2O4. The Morgan fingerprint density at radius 2 is 2.00 bits per heavy atom. The van der Waals surface area contributed by atoms with Gasteiger partial charge in [-0.15, -0.1) is 0 Å². The molecule has 0 atom stereocenters. The van der Waals surface area contributed by atoms with Crippen molar-refractivity contribution in [3.05, 3.63) is 30.0 Å². The fourth-order valence-electron chi connectivity index (χ4n) is 2.29. The summed E-state index contributed by atoms with van der Waals surface area (Å²) < 4.78 is 5.04. The van der Waals surface area contributed by atoms with Gasteiger partial charge in [0.1, 0.15) is 0 Å². The molecule has 1 aromatic heterocycles. The van der Waals surface area contributed by atoms with Crippen molar-refractivity contribution in [2.45, 2.75) is 6.92 Å². The third kappa shape index (κ3) is 3.34. The number of H-pyrrole nitrogens is 1. The molecule has 3 N–H and O–H groups in total. The van der Waals surface area contributed by atoms with E-state index in [2.05, 4.69) is 4.98 Å². The number of aromatic nitrogens is 1. The lowest BCUT2D eigenvalue weighted by atomic mass is 10.1. The summed E-state index contributed by atoms with van der Waals surface area (Å²) in [6.07, 6.45) is 1.63. The van der Waals surface area contributed by atoms with Gasteiger partial charge in [0.2, 0.25) is 0 Å². The van der Waals surface area contributed by atoms with Crippen LogP contribution in [0.25, 0.3) is 10.9 Å². The highest BCUT2D eigenvalue weighted by Gasteiger charge is 2.14. The number of carbonyl (C=O) groups excluding carboxylic acids is 1. The summed E-state index contributed by atoms with van der Waals surface area (Å²) in [5, 5.41) is 19.0. The van der Waals surface area contributed by atoms with E-state index in [4.69, 9.17) is 14.9 Å². The number of aliphatic hydroxyl groups excluding tert-OH is 2. The number of rotatable bonds is 7. The van der Waals surface area contributed by atoms with E-state index in [1.54, 1.807) is 13.1 Å². The van der Waals surface area contributed by atoms with Crippen LogP contribution in [0.15, 0.2) is 24.4 Å². The maximum absolute atomic E-state index is 11.9. The Balaban J connectivity index is 2.38. The average Bonchev–Trinajstić information content (AvgIpc) is 2.90. The molecule has 0 aliphatic heterocycles. The summed E-state index contributed by atoms with van der Waals surface area (Å²) in [6, 6.07) is 5.62. The first-order valence-electron chi connectivity index (χ1n) is 6.96. The second-order valence-electron chi connectivity index (χ2n) is 4.59. The summed E-state index contributed by atoms with van der Waals surface area (Å²) in [6.45, 7) is 2.93. The highest BCUT2D eigenvalue weighted by molar-refractivity contribution is 6.05. The number of hydrogen-bond donors (Lipinski definition) is 3. The topological polar surface area (TPSA) is 85.8 Å². The van der Waals surface area contributed by atoms with Crippen LogP contribution in [0.1, 0.15) is 17.3 Å². The quantitative estimate of drug-likeness (QED) is 0.666. The molecule has 1 heterocycles. The van der Waals surface area contributed by atoms with Crippen molar-refractivity contribution in [1.29, 1.82) is 0 Å². The first-order valence-corrected chi connectivity index (χ1v) is 6.96. The molecule has 21 heavy (non-hydrogen) atoms. The first kappa shape index (κ1) is 15.3. The highest BCUT2D eigenvalue weighted by Crippen LogP contribution is 2.25. The van der Waals surface area contributed by atoms with E-state index in [-0.39, 0.29) is 19.2 Å². The molecular weight excluding hydrogens is 272 g/mol. The molecule has 0 fully saturated rings. The fraction of sp³-hybridized carbons (Fsp3) is 0.400. The lowest BCUT2D eigenvalue weighted by molar-refractivity contribution is 0.0528. The van der Waals surface area contributed by atoms with Gasteiger partial charge in [-0.1, -0.05) is 0 Å². The maximum atomic E-state index is 11.9. The summed E-state index contributed by atoms with van der Waals surface area (Å²) in [5.74, 6) is -0.364. The van der Waals surface area contributed by atoms with Gasteiger partial charge in [-0.2, -0.15) is 0 Å². The van der Waals surface area contributed by atoms with E-state index < -0.39 is 0 Å². The predicted octanol–water partition coefficient (Wildman–Crippen LogP) is 1.14. The van der Waals surface area contributed by atoms with Gasteiger partial charge >= 0.3 is 5.97 Å². The zero-order valence-electron chi connectivity index (χ0n) is 12.0. The van der Waals surface area contributed by atoms with Gasteiger partial charge < -0.3 is 24.8 Å². The van der Waals surface area contributed by atoms with Gasteiger partial charge in [-0.25, -0.2) is 4.79 Å². The molecule has 2 rings (SSSR count). The van der Waals surface area contributed by atoms with Crippen LogP contribution >= 0.6 is 0 Å². The number of ether oxygens (including phenoxy) is 1. The van der Waals surface area contributed by atoms with E-state index >= 15 is 0 Å². The second kappa shape index (κ2) is 7.10. The first-order chi connectivity index (χ1) is 10.2. The van der Waals surface area contributed by atoms with E-state index in [1.807, 2.05) is 23.1 Å². The van der Waals surface area contributed by atoms with Gasteiger partial charge in [0.15, 0.2) is 0 Å². The Kier molecular flexibility index (Phi) is 5.19. The summed E-state index contributed by atoms with van der Waals surface area (Å²) in [5.41, 5.74) is 2.17. The summed E-state index contributed by atoms with van der Waals surface area (Å²) in [4.78, 5) is 16.8. The fourth-order valence-corrected chi connectivity index (χ4v) is 2.29. The van der Waals surface area contributed by atoms with Gasteiger partial charge in [0, 0.05) is 35.9 Å². The van der Waals surface area contributed by atoms with E-state index in [9.17, 15) is 4.79 Å². The van der Waals surface area contributed by atoms with E-state index in [0.29, 0.717) is 25.3 Å². The number of benzene rings is 1. The molecule has 1 aromatic carbocycles. The molecule has 0 amide bonds. The summed E-state index contributed by atoms with van der Waals surface area (Å²) in [7, 11) is 0. The van der Waals surface area contributed by atoms with E-state index in [1.165, 1.54) is 0 Å². The van der Waals surface area contributed by atoms with E-state index in [0.717, 1.165) is 16.6 Å². The Hall–Kier alpha value is -2.05. The van der Waals surface area contributed by atoms with Crippen LogP contribution in [0.5, 0.6) is 0 Å². The molecule has 0 unspecified atom stereocenters. The predicted molar refractivity (Wildman–Crippen MR) is 80.6 cm³/mol. The van der Waals surface area contributed by atoms with Crippen LogP contribution in [0, 0.1) is 0 Å². The van der Waals surface area contributed by atoms with Crippen molar-refractivity contribution in [2.75, 3.05) is 37.8 Å². The molecule has 0 spiro atoms. The monoisotopic (exact) mass is 292 g/mol. The van der Waals surface area contributed by atoms with Crippen molar-refractivity contribution in [1.82, 2.24) is 4.98 Å². The SMILES string of the molecule is CCOC(=O)c1c[nH]c2ccc(N(CCO)CCO)cc12. The maximum Gasteiger partial charge on any atom is 0.340 e. The number of nitrogens with zero attached hydrogens (tertiary/aromatic N) is 1. The van der Waals surface area contributed by atoms with Crippen molar-refractivity contribution >= 4 is 22.6 Å². The minimum absolute atomic E-state index is 0.00406. The van der Waals surface area contributed by atoms with Gasteiger partial charge in [-0.3, -0.25) is 0 Å². The molecule has 6 heteroatoms. The van der Waals surface area contributed by atoms with Gasteiger partial charge in [-0.05, 0) is 25.1 Å². The molecule has 0 saturated heterocycles. The number of esters is 1. The number of anilines is 1. The molecule has 0 bridgehead atoms. The lowest BCUT2D eigenvalue weighted by Crippen LogP contribution is -2.29. The zero-order valence-corrected chi connectivity index (χ0v) is 12.0. The standard InChI is InChI=1S/C15H20N2O4/c1-2-21-15(20)13-10-16-14-4-3-11(9-12(13)14)17(5-7-18)6-8-19/h3-4,9-10,16,18-19H,2,5-8H2,1H3. The Morgan fingerprint density at radius 3 is 2.62 bits per heavy atom. The van der Waals surface area contributed by atoms with Crippen LogP contribution in [-0.4, -0.2) is 54.1 Å². The molecule has 6 nitrogen and oxygen atoms in total. The second-order valence-corrected chi connectivity index (χ2v) is 4.59. The lowest BCUT2D eigenvalue weighted by Gasteiger charge is -2.23. The number of aliphatic hydroxyl groups is 2. The third-order valence-corrected chi connectivity index (χ3v) is 3.27. The zero-order chi connectivity index (χ0) is 15.2. The number of carbonyl (C=O) groups is 1. The number of nitrogens with one attached hydrogen (secondary N) is 1. The van der Waals surface area contributed by atoms with Crippen LogP contribution in [0.3, 0.4) is 0 Å². The number of hydrogen-bond acceptors (Lipinski definition) is 5. The minimum atomic E-state index is -0.364. The normalized spacial score (nSPS) is 10.8. The van der Waals surface area contributed by atoms with Gasteiger partial charge in [0.05, 0.1) is 25.4 Å². The Labute approximate surface area is 123 Å². The molecule has 0 saturated carbocycles. The Bertz CT molecular complexity index is 603. The van der Waals surface area contributed by atoms with Crippen molar-refractivity contribution in [3.8, 4) is 0 Å². The van der Waals surface area contributed by atoms with Gasteiger partial charge in [0.25, 0.3) is 0 Å². The molecule has 2 aromatic rings. The average molecular weight is 292 g/mol. The van der Waals surface area contributed by atoms with Crippen LogP contribution in [-0.2, 0) is 4.74 Å². The molecule has 0 aliphatic carbocycles. The van der Waals surface area contributed by atoms with Crippen molar-refractivity contribution < 1.29 is 19.7 Å². The third-order valence-electron chi connectivity index (χ3n) is 3.27. The highest BCUT2D eigenvalue weighted by atomic mass is 16.5. The van der Waals surface area contributed by atoms with Crippen LogP contribution < -0.4 is 4.90 Å². The smallest absolute Gasteiger partial charge is 0.340 e. The Morgan fingerprint density at radius 1 is 1.29 bits per heavy atom. The largest absolute Gasteiger partial charge is 0.462 e. The van der Waals surface area contributed by atoms with Crippen LogP contribution in [0.4, 0.5) is 5.69 Å². The van der Waals surface area contributed by atoms with Crippen molar-refractivity contribution in [2.24, 2.45) is 0 Å². The molecule has 0 radical (unpaired) electrons.